The van der Waals surface area contributed by atoms with Crippen LogP contribution in [0.25, 0.3) is 0 Å². The topological polar surface area (TPSA) is 25.2 Å². The van der Waals surface area contributed by atoms with E-state index in [0.29, 0.717) is 0 Å². The normalized spacial score (nSPS) is 12.8. The summed E-state index contributed by atoms with van der Waals surface area (Å²) in [7, 11) is 0. The Hall–Kier alpha value is -1.06. The van der Waals surface area contributed by atoms with Crippen LogP contribution in [0.15, 0.2) is 28.2 Å². The van der Waals surface area contributed by atoms with E-state index in [1.165, 1.54) is 16.0 Å². The van der Waals surface area contributed by atoms with E-state index in [9.17, 15) is 0 Å². The Labute approximate surface area is 113 Å². The fourth-order valence-electron chi connectivity index (χ4n) is 2.21. The van der Waals surface area contributed by atoms with Gasteiger partial charge in [-0.3, -0.25) is 0 Å². The van der Waals surface area contributed by atoms with Gasteiger partial charge < -0.3 is 9.73 Å². The Morgan fingerprint density at radius 3 is 2.83 bits per heavy atom. The van der Waals surface area contributed by atoms with Gasteiger partial charge in [0.05, 0.1) is 12.3 Å². The number of aryl methyl sites for hydroxylation is 2. The molecule has 98 valence electrons. The number of hydrogen-bond donors (Lipinski definition) is 1. The first-order valence-electron chi connectivity index (χ1n) is 6.61. The summed E-state index contributed by atoms with van der Waals surface area (Å²) in [5.74, 6) is 1.09. The molecule has 18 heavy (non-hydrogen) atoms. The second-order valence-electron chi connectivity index (χ2n) is 4.53. The molecule has 1 N–H and O–H groups in total. The van der Waals surface area contributed by atoms with E-state index in [4.69, 9.17) is 4.42 Å². The molecule has 2 nitrogen and oxygen atoms in total. The van der Waals surface area contributed by atoms with E-state index in [-0.39, 0.29) is 6.04 Å². The summed E-state index contributed by atoms with van der Waals surface area (Å²) >= 11 is 1.81. The lowest BCUT2D eigenvalue weighted by molar-refractivity contribution is 0.500. The Bertz CT molecular complexity index is 486. The van der Waals surface area contributed by atoms with Crippen molar-refractivity contribution >= 4 is 11.3 Å². The van der Waals surface area contributed by atoms with E-state index in [2.05, 4.69) is 43.6 Å². The molecule has 3 heteroatoms. The van der Waals surface area contributed by atoms with Gasteiger partial charge in [0, 0.05) is 16.9 Å². The van der Waals surface area contributed by atoms with E-state index < -0.39 is 0 Å². The molecular weight excluding hydrogens is 242 g/mol. The molecular formula is C15H21NOS. The molecule has 0 bridgehead atoms. The summed E-state index contributed by atoms with van der Waals surface area (Å²) in [4.78, 5) is 1.36. The van der Waals surface area contributed by atoms with Crippen molar-refractivity contribution in [2.24, 2.45) is 0 Å². The summed E-state index contributed by atoms with van der Waals surface area (Å²) in [6.45, 7) is 7.51. The third kappa shape index (κ3) is 2.85. The summed E-state index contributed by atoms with van der Waals surface area (Å²) < 4.78 is 5.57. The van der Waals surface area contributed by atoms with E-state index in [1.54, 1.807) is 17.6 Å². The Morgan fingerprint density at radius 2 is 2.22 bits per heavy atom. The Balaban J connectivity index is 2.30. The van der Waals surface area contributed by atoms with Crippen LogP contribution < -0.4 is 5.32 Å². The van der Waals surface area contributed by atoms with Crippen LogP contribution in [-0.4, -0.2) is 6.54 Å². The number of thiophene rings is 1. The van der Waals surface area contributed by atoms with Crippen LogP contribution in [0.1, 0.15) is 48.1 Å². The minimum Gasteiger partial charge on any atom is -0.469 e. The van der Waals surface area contributed by atoms with Gasteiger partial charge in [-0.2, -0.15) is 0 Å². The fourth-order valence-corrected chi connectivity index (χ4v) is 2.94. The van der Waals surface area contributed by atoms with Gasteiger partial charge in [0.1, 0.15) is 5.76 Å². The van der Waals surface area contributed by atoms with Gasteiger partial charge in [-0.15, -0.1) is 11.3 Å². The quantitative estimate of drug-likeness (QED) is 0.840. The SMILES string of the molecule is CCCNC(c1csc(C)c1)c1ccoc1CC. The molecule has 0 fully saturated rings. The van der Waals surface area contributed by atoms with Crippen molar-refractivity contribution in [3.05, 3.63) is 45.5 Å². The van der Waals surface area contributed by atoms with Crippen molar-refractivity contribution in [3.63, 3.8) is 0 Å². The predicted molar refractivity (Wildman–Crippen MR) is 77.3 cm³/mol. The molecule has 0 saturated heterocycles. The second kappa shape index (κ2) is 6.21. The molecule has 2 rings (SSSR count). The first-order chi connectivity index (χ1) is 8.76. The molecule has 0 aliphatic heterocycles. The first-order valence-corrected chi connectivity index (χ1v) is 7.48. The van der Waals surface area contributed by atoms with Crippen molar-refractivity contribution in [1.82, 2.24) is 5.32 Å². The molecule has 2 aromatic rings. The summed E-state index contributed by atoms with van der Waals surface area (Å²) in [5.41, 5.74) is 2.63. The standard InChI is InChI=1S/C15H21NOS/c1-4-7-16-15(12-9-11(3)18-10-12)13-6-8-17-14(13)5-2/h6,8-10,15-16H,4-5,7H2,1-3H3. The van der Waals surface area contributed by atoms with Gasteiger partial charge in [-0.1, -0.05) is 13.8 Å². The van der Waals surface area contributed by atoms with Crippen molar-refractivity contribution in [2.45, 2.75) is 39.7 Å². The second-order valence-corrected chi connectivity index (χ2v) is 5.65. The van der Waals surface area contributed by atoms with E-state index in [0.717, 1.165) is 25.1 Å². The number of hydrogen-bond acceptors (Lipinski definition) is 3. The van der Waals surface area contributed by atoms with Crippen LogP contribution in [0, 0.1) is 6.92 Å². The maximum absolute atomic E-state index is 5.57. The summed E-state index contributed by atoms with van der Waals surface area (Å²) in [6, 6.07) is 4.63. The van der Waals surface area contributed by atoms with Crippen molar-refractivity contribution in [1.29, 1.82) is 0 Å². The average molecular weight is 263 g/mol. The zero-order valence-electron chi connectivity index (χ0n) is 11.3. The summed E-state index contributed by atoms with van der Waals surface area (Å²) in [6.07, 6.45) is 3.88. The molecule has 1 atom stereocenters. The van der Waals surface area contributed by atoms with Crippen molar-refractivity contribution < 1.29 is 4.42 Å². The highest BCUT2D eigenvalue weighted by molar-refractivity contribution is 7.10. The van der Waals surface area contributed by atoms with E-state index in [1.807, 2.05) is 0 Å². The average Bonchev–Trinajstić information content (AvgIpc) is 2.99. The minimum atomic E-state index is 0.267. The third-order valence-corrected chi connectivity index (χ3v) is 3.97. The molecule has 0 aliphatic rings. The monoisotopic (exact) mass is 263 g/mol. The van der Waals surface area contributed by atoms with Crippen molar-refractivity contribution in [3.8, 4) is 0 Å². The lowest BCUT2D eigenvalue weighted by Crippen LogP contribution is -2.23. The highest BCUT2D eigenvalue weighted by Crippen LogP contribution is 2.29. The minimum absolute atomic E-state index is 0.267. The lowest BCUT2D eigenvalue weighted by Gasteiger charge is -2.17. The highest BCUT2D eigenvalue weighted by Gasteiger charge is 2.19. The van der Waals surface area contributed by atoms with Gasteiger partial charge >= 0.3 is 0 Å². The fraction of sp³-hybridized carbons (Fsp3) is 0.467. The molecule has 2 heterocycles. The third-order valence-electron chi connectivity index (χ3n) is 3.09. The van der Waals surface area contributed by atoms with Crippen LogP contribution in [0.4, 0.5) is 0 Å². The van der Waals surface area contributed by atoms with Crippen LogP contribution in [0.3, 0.4) is 0 Å². The zero-order chi connectivity index (χ0) is 13.0. The number of rotatable bonds is 6. The first kappa shape index (κ1) is 13.4. The van der Waals surface area contributed by atoms with Gasteiger partial charge in [-0.25, -0.2) is 0 Å². The maximum Gasteiger partial charge on any atom is 0.108 e. The highest BCUT2D eigenvalue weighted by atomic mass is 32.1. The number of nitrogens with one attached hydrogen (secondary N) is 1. The van der Waals surface area contributed by atoms with Gasteiger partial charge in [0.15, 0.2) is 0 Å². The zero-order valence-corrected chi connectivity index (χ0v) is 12.1. The van der Waals surface area contributed by atoms with Crippen LogP contribution in [0.5, 0.6) is 0 Å². The summed E-state index contributed by atoms with van der Waals surface area (Å²) in [5, 5.41) is 5.87. The molecule has 0 amide bonds. The molecule has 1 unspecified atom stereocenters. The Morgan fingerprint density at radius 1 is 1.39 bits per heavy atom. The molecule has 0 saturated carbocycles. The van der Waals surface area contributed by atoms with Gasteiger partial charge in [0.25, 0.3) is 0 Å². The lowest BCUT2D eigenvalue weighted by atomic mass is 10.0. The molecule has 0 aromatic carbocycles. The van der Waals surface area contributed by atoms with Crippen LogP contribution in [0.2, 0.25) is 0 Å². The van der Waals surface area contributed by atoms with Gasteiger partial charge in [-0.05, 0) is 43.0 Å². The van der Waals surface area contributed by atoms with Gasteiger partial charge in [0.2, 0.25) is 0 Å². The van der Waals surface area contributed by atoms with Crippen LogP contribution >= 0.6 is 11.3 Å². The van der Waals surface area contributed by atoms with Crippen LogP contribution in [-0.2, 0) is 6.42 Å². The largest absolute Gasteiger partial charge is 0.469 e. The Kier molecular flexibility index (Phi) is 4.61. The molecule has 0 aliphatic carbocycles. The molecule has 2 aromatic heterocycles. The predicted octanol–water partition coefficient (Wildman–Crippen LogP) is 4.30. The molecule has 0 radical (unpaired) electrons. The smallest absolute Gasteiger partial charge is 0.108 e. The van der Waals surface area contributed by atoms with Crippen molar-refractivity contribution in [2.75, 3.05) is 6.54 Å². The maximum atomic E-state index is 5.57. The molecule has 0 spiro atoms. The van der Waals surface area contributed by atoms with E-state index >= 15 is 0 Å². The number of furan rings is 1.